The Bertz CT molecular complexity index is 630. The summed E-state index contributed by atoms with van der Waals surface area (Å²) in [5.74, 6) is 1.87. The zero-order chi connectivity index (χ0) is 15.6. The van der Waals surface area contributed by atoms with Crippen LogP contribution in [0.5, 0.6) is 0 Å². The molecule has 0 N–H and O–H groups in total. The molecule has 0 bridgehead atoms. The molecule has 0 spiro atoms. The maximum atomic E-state index is 12.3. The molecule has 0 unspecified atom stereocenters. The Balaban J connectivity index is 1.76. The number of allylic oxidation sites excluding steroid dienone is 2. The van der Waals surface area contributed by atoms with E-state index in [4.69, 9.17) is 0 Å². The normalized spacial score (nSPS) is 17.9. The number of nitrogens with zero attached hydrogens (tertiary/aromatic N) is 2. The van der Waals surface area contributed by atoms with Gasteiger partial charge in [0, 0.05) is 30.5 Å². The number of aryl methyl sites for hydroxylation is 1. The van der Waals surface area contributed by atoms with Crippen LogP contribution in [0.3, 0.4) is 0 Å². The lowest BCUT2D eigenvalue weighted by atomic mass is 9.99. The third kappa shape index (κ3) is 3.55. The number of alkyl halides is 3. The molecular formula is C16H15F3N2S. The number of hydrogen-bond donors (Lipinski definition) is 0. The highest BCUT2D eigenvalue weighted by Crippen LogP contribution is 2.28. The van der Waals surface area contributed by atoms with Gasteiger partial charge in [0.2, 0.25) is 0 Å². The van der Waals surface area contributed by atoms with E-state index in [1.807, 2.05) is 30.5 Å². The van der Waals surface area contributed by atoms with Gasteiger partial charge in [0.15, 0.2) is 0 Å². The minimum Gasteiger partial charge on any atom is -0.331 e. The van der Waals surface area contributed by atoms with E-state index >= 15 is 0 Å². The number of fused-ring (bicyclic) bond motifs is 1. The average Bonchev–Trinajstić information content (AvgIpc) is 2.52. The van der Waals surface area contributed by atoms with Crippen molar-refractivity contribution >= 4 is 23.4 Å². The molecule has 1 aromatic rings. The van der Waals surface area contributed by atoms with Gasteiger partial charge in [0.25, 0.3) is 0 Å². The summed E-state index contributed by atoms with van der Waals surface area (Å²) in [6.07, 6.45) is 1.10. The number of halogens is 3. The lowest BCUT2D eigenvalue weighted by molar-refractivity contribution is -0.133. The summed E-state index contributed by atoms with van der Waals surface area (Å²) in [5, 5.41) is 0. The van der Waals surface area contributed by atoms with Crippen LogP contribution in [0.25, 0.3) is 5.57 Å². The first-order valence-electron chi connectivity index (χ1n) is 7.04. The minimum atomic E-state index is -4.11. The van der Waals surface area contributed by atoms with Crippen molar-refractivity contribution in [3.8, 4) is 0 Å². The van der Waals surface area contributed by atoms with Crippen LogP contribution in [-0.4, -0.2) is 29.2 Å². The van der Waals surface area contributed by atoms with E-state index in [0.29, 0.717) is 5.56 Å². The average molecular weight is 324 g/mol. The van der Waals surface area contributed by atoms with E-state index in [1.165, 1.54) is 11.9 Å². The van der Waals surface area contributed by atoms with E-state index in [2.05, 4.69) is 9.30 Å². The fourth-order valence-corrected chi connectivity index (χ4v) is 3.13. The molecule has 2 nitrogen and oxygen atoms in total. The largest absolute Gasteiger partial charge is 0.389 e. The Morgan fingerprint density at radius 2 is 1.95 bits per heavy atom. The minimum absolute atomic E-state index is 0.0195. The smallest absolute Gasteiger partial charge is 0.331 e. The van der Waals surface area contributed by atoms with Crippen molar-refractivity contribution in [1.29, 1.82) is 0 Å². The van der Waals surface area contributed by atoms with Gasteiger partial charge in [-0.25, -0.2) is 0 Å². The van der Waals surface area contributed by atoms with E-state index < -0.39 is 12.6 Å². The third-order valence-electron chi connectivity index (χ3n) is 3.58. The first-order valence-corrected chi connectivity index (χ1v) is 7.99. The van der Waals surface area contributed by atoms with Crippen molar-refractivity contribution in [1.82, 2.24) is 4.90 Å². The Morgan fingerprint density at radius 3 is 2.68 bits per heavy atom. The number of amidine groups is 1. The third-order valence-corrected chi connectivity index (χ3v) is 4.25. The predicted molar refractivity (Wildman–Crippen MR) is 84.5 cm³/mol. The van der Waals surface area contributed by atoms with Crippen LogP contribution in [0.4, 0.5) is 13.2 Å². The molecule has 116 valence electrons. The van der Waals surface area contributed by atoms with Gasteiger partial charge in [-0.1, -0.05) is 24.3 Å². The number of rotatable bonds is 3. The van der Waals surface area contributed by atoms with Gasteiger partial charge in [-0.2, -0.15) is 17.6 Å². The second-order valence-corrected chi connectivity index (χ2v) is 6.02. The maximum Gasteiger partial charge on any atom is 0.389 e. The molecule has 2 heterocycles. The summed E-state index contributed by atoms with van der Waals surface area (Å²) in [7, 11) is 0. The first-order chi connectivity index (χ1) is 10.5. The van der Waals surface area contributed by atoms with Gasteiger partial charge < -0.3 is 4.90 Å². The van der Waals surface area contributed by atoms with Gasteiger partial charge in [0.1, 0.15) is 5.84 Å². The van der Waals surface area contributed by atoms with Gasteiger partial charge in [-0.05, 0) is 41.6 Å². The molecule has 0 saturated carbocycles. The van der Waals surface area contributed by atoms with Crippen LogP contribution in [0.15, 0.2) is 47.0 Å². The quantitative estimate of drug-likeness (QED) is 0.763. The monoisotopic (exact) mass is 324 g/mol. The zero-order valence-electron chi connectivity index (χ0n) is 11.8. The summed E-state index contributed by atoms with van der Waals surface area (Å²) in [6.45, 7) is 0.918. The molecule has 6 heteroatoms. The van der Waals surface area contributed by atoms with Crippen molar-refractivity contribution in [2.24, 2.45) is 4.40 Å². The lowest BCUT2D eigenvalue weighted by Crippen LogP contribution is -2.32. The van der Waals surface area contributed by atoms with Crippen molar-refractivity contribution < 1.29 is 13.2 Å². The SMILES string of the molecule is FC(F)(F)CCc1ccc(C2=CC=CN3CCSN=C23)cc1. The van der Waals surface area contributed by atoms with E-state index in [9.17, 15) is 13.2 Å². The molecule has 3 rings (SSSR count). The van der Waals surface area contributed by atoms with Gasteiger partial charge >= 0.3 is 6.18 Å². The summed E-state index contributed by atoms with van der Waals surface area (Å²) in [4.78, 5) is 2.10. The molecule has 2 aliphatic rings. The van der Waals surface area contributed by atoms with Crippen molar-refractivity contribution in [2.45, 2.75) is 19.0 Å². The van der Waals surface area contributed by atoms with Crippen LogP contribution >= 0.6 is 11.9 Å². The van der Waals surface area contributed by atoms with Crippen LogP contribution in [0, 0.1) is 0 Å². The van der Waals surface area contributed by atoms with Crippen LogP contribution in [0.1, 0.15) is 17.5 Å². The Labute approximate surface area is 131 Å². The zero-order valence-corrected chi connectivity index (χ0v) is 12.6. The fraction of sp³-hybridized carbons (Fsp3) is 0.312. The van der Waals surface area contributed by atoms with E-state index in [1.54, 1.807) is 12.1 Å². The number of benzene rings is 1. The molecule has 0 amide bonds. The molecule has 0 aromatic heterocycles. The molecule has 0 saturated heterocycles. The summed E-state index contributed by atoms with van der Waals surface area (Å²) < 4.78 is 41.3. The molecule has 0 fully saturated rings. The van der Waals surface area contributed by atoms with Crippen molar-refractivity contribution in [2.75, 3.05) is 12.3 Å². The molecular weight excluding hydrogens is 309 g/mol. The Morgan fingerprint density at radius 1 is 1.18 bits per heavy atom. The van der Waals surface area contributed by atoms with Crippen molar-refractivity contribution in [3.63, 3.8) is 0 Å². The van der Waals surface area contributed by atoms with Gasteiger partial charge in [0.05, 0.1) is 0 Å². The standard InChI is InChI=1S/C16H15F3N2S/c17-16(18,19)8-7-12-3-5-13(6-4-12)14-2-1-9-21-10-11-22-20-15(14)21/h1-6,9H,7-8,10-11H2. The highest BCUT2D eigenvalue weighted by molar-refractivity contribution is 7.98. The summed E-state index contributed by atoms with van der Waals surface area (Å²) >= 11 is 1.54. The van der Waals surface area contributed by atoms with E-state index in [0.717, 1.165) is 29.3 Å². The Hall–Kier alpha value is -1.69. The Kier molecular flexibility index (Phi) is 4.29. The molecule has 2 aliphatic heterocycles. The molecule has 0 aliphatic carbocycles. The van der Waals surface area contributed by atoms with Crippen molar-refractivity contribution in [3.05, 3.63) is 53.7 Å². The van der Waals surface area contributed by atoms with Gasteiger partial charge in [-0.15, -0.1) is 0 Å². The highest BCUT2D eigenvalue weighted by atomic mass is 32.2. The maximum absolute atomic E-state index is 12.3. The van der Waals surface area contributed by atoms with Crippen LogP contribution in [-0.2, 0) is 6.42 Å². The fourth-order valence-electron chi connectivity index (χ4n) is 2.43. The molecule has 0 radical (unpaired) electrons. The number of hydrogen-bond acceptors (Lipinski definition) is 3. The summed E-state index contributed by atoms with van der Waals surface area (Å²) in [6, 6.07) is 7.27. The first kappa shape index (κ1) is 15.2. The second-order valence-electron chi connectivity index (χ2n) is 5.18. The topological polar surface area (TPSA) is 15.6 Å². The lowest BCUT2D eigenvalue weighted by Gasteiger charge is -2.29. The molecule has 22 heavy (non-hydrogen) atoms. The predicted octanol–water partition coefficient (Wildman–Crippen LogP) is 4.45. The summed E-state index contributed by atoms with van der Waals surface area (Å²) in [5.41, 5.74) is 2.69. The molecule has 1 aromatic carbocycles. The highest BCUT2D eigenvalue weighted by Gasteiger charge is 2.26. The van der Waals surface area contributed by atoms with Crippen LogP contribution in [0.2, 0.25) is 0 Å². The second kappa shape index (κ2) is 6.20. The van der Waals surface area contributed by atoms with Gasteiger partial charge in [-0.3, -0.25) is 0 Å². The van der Waals surface area contributed by atoms with Crippen LogP contribution < -0.4 is 0 Å². The molecule has 0 atom stereocenters. The van der Waals surface area contributed by atoms with E-state index in [-0.39, 0.29) is 6.42 Å².